The van der Waals surface area contributed by atoms with Crippen LogP contribution >= 0.6 is 6.83 Å². The van der Waals surface area contributed by atoms with Crippen LogP contribution in [0.4, 0.5) is 0 Å². The fraction of sp³-hybridized carbons (Fsp3) is 0.714. The minimum absolute atomic E-state index is 0.301. The summed E-state index contributed by atoms with van der Waals surface area (Å²) in [5.41, 5.74) is 1.06. The normalized spacial score (nSPS) is 14.1. The van der Waals surface area contributed by atoms with Crippen molar-refractivity contribution in [3.05, 3.63) is 29.8 Å². The second-order valence-corrected chi connectivity index (χ2v) is 15.4. The molecular formula is C21H39O3PS. The van der Waals surface area contributed by atoms with Crippen molar-refractivity contribution in [1.82, 2.24) is 0 Å². The molecule has 0 atom stereocenters. The molecule has 0 unspecified atom stereocenters. The number of rotatable bonds is 13. The van der Waals surface area contributed by atoms with Crippen molar-refractivity contribution in [2.75, 3.05) is 24.6 Å². The molecule has 1 aromatic rings. The van der Waals surface area contributed by atoms with Gasteiger partial charge in [0.15, 0.2) is 0 Å². The molecule has 0 aliphatic heterocycles. The first kappa shape index (κ1) is 23.6. The van der Waals surface area contributed by atoms with E-state index in [-0.39, 0.29) is 0 Å². The number of aryl methyl sites for hydroxylation is 1. The Morgan fingerprint density at radius 2 is 1.23 bits per heavy atom. The Hall–Kier alpha value is -0.440. The zero-order valence-corrected chi connectivity index (χ0v) is 19.2. The van der Waals surface area contributed by atoms with Gasteiger partial charge in [0.25, 0.3) is 0 Å². The first-order valence-electron chi connectivity index (χ1n) is 10.3. The predicted octanol–water partition coefficient (Wildman–Crippen LogP) is 6.59. The third-order valence-electron chi connectivity index (χ3n) is 5.65. The number of hydrogen-bond donors (Lipinski definition) is 0. The van der Waals surface area contributed by atoms with Crippen LogP contribution < -0.4 is 0 Å². The zero-order chi connectivity index (χ0) is 19.7. The summed E-state index contributed by atoms with van der Waals surface area (Å²) in [5.74, 6) is 0. The molecule has 1 rings (SSSR count). The molecule has 26 heavy (non-hydrogen) atoms. The van der Waals surface area contributed by atoms with Gasteiger partial charge in [-0.3, -0.25) is 0 Å². The minimum atomic E-state index is -3.74. The molecule has 0 heterocycles. The van der Waals surface area contributed by atoms with Crippen LogP contribution in [0.2, 0.25) is 0 Å². The Morgan fingerprint density at radius 1 is 0.808 bits per heavy atom. The summed E-state index contributed by atoms with van der Waals surface area (Å²) in [7, 11) is -3.74. The maximum absolute atomic E-state index is 13.2. The molecule has 0 aliphatic rings. The van der Waals surface area contributed by atoms with Crippen LogP contribution in [0.15, 0.2) is 29.2 Å². The van der Waals surface area contributed by atoms with Crippen molar-refractivity contribution < 1.29 is 12.4 Å². The van der Waals surface area contributed by atoms with Crippen molar-refractivity contribution in [1.29, 1.82) is 0 Å². The van der Waals surface area contributed by atoms with Gasteiger partial charge in [0.2, 0.25) is 0 Å². The number of benzene rings is 1. The van der Waals surface area contributed by atoms with Crippen LogP contribution in [0.25, 0.3) is 0 Å². The van der Waals surface area contributed by atoms with Gasteiger partial charge in [0, 0.05) is 0 Å². The van der Waals surface area contributed by atoms with Gasteiger partial charge in [-0.25, -0.2) is 0 Å². The van der Waals surface area contributed by atoms with Crippen molar-refractivity contribution in [2.45, 2.75) is 78.0 Å². The van der Waals surface area contributed by atoms with Crippen LogP contribution in [0.1, 0.15) is 71.8 Å². The molecule has 0 radical (unpaired) electrons. The van der Waals surface area contributed by atoms with Gasteiger partial charge in [0.05, 0.1) is 0 Å². The number of hydrogen-bond acceptors (Lipinski definition) is 3. The van der Waals surface area contributed by atoms with Crippen LogP contribution in [0, 0.1) is 6.92 Å². The predicted molar refractivity (Wildman–Crippen MR) is 116 cm³/mol. The summed E-state index contributed by atoms with van der Waals surface area (Å²) in [6.45, 7) is 7.85. The summed E-state index contributed by atoms with van der Waals surface area (Å²) in [5, 5.41) is 0. The van der Waals surface area contributed by atoms with E-state index in [1.807, 2.05) is 19.1 Å². The van der Waals surface area contributed by atoms with Crippen molar-refractivity contribution in [3.8, 4) is 0 Å². The topological polar surface area (TPSA) is 43.4 Å². The molecule has 152 valence electrons. The molecule has 0 fully saturated rings. The second-order valence-electron chi connectivity index (χ2n) is 7.75. The fourth-order valence-corrected chi connectivity index (χ4v) is 13.0. The van der Waals surface area contributed by atoms with E-state index in [0.717, 1.165) is 68.7 Å². The van der Waals surface area contributed by atoms with E-state index >= 15 is 0 Å². The van der Waals surface area contributed by atoms with E-state index in [4.69, 9.17) is 3.97 Å². The zero-order valence-electron chi connectivity index (χ0n) is 17.5. The average Bonchev–Trinajstić information content (AvgIpc) is 2.63. The fourth-order valence-electron chi connectivity index (χ4n) is 3.67. The van der Waals surface area contributed by atoms with Gasteiger partial charge in [-0.1, -0.05) is 0 Å². The monoisotopic (exact) mass is 402 g/mol. The molecule has 0 aliphatic carbocycles. The second kappa shape index (κ2) is 10.2. The molecule has 0 saturated carbocycles. The van der Waals surface area contributed by atoms with Gasteiger partial charge >= 0.3 is 162 Å². The molecule has 3 nitrogen and oxygen atoms in total. The molecule has 0 saturated heterocycles. The van der Waals surface area contributed by atoms with Gasteiger partial charge in [0.1, 0.15) is 0 Å². The van der Waals surface area contributed by atoms with Crippen molar-refractivity contribution >= 4 is 16.9 Å². The Balaban J connectivity index is 3.37. The Labute approximate surface area is 162 Å². The van der Waals surface area contributed by atoms with Gasteiger partial charge in [-0.2, -0.15) is 0 Å². The van der Waals surface area contributed by atoms with Gasteiger partial charge in [-0.05, 0) is 0 Å². The van der Waals surface area contributed by atoms with Crippen molar-refractivity contribution in [3.63, 3.8) is 0 Å². The maximum atomic E-state index is 13.2. The Kier molecular flexibility index (Phi) is 9.26. The standard InChI is InChI=1S/C21H39O3PS/c1-6-10-17-25(9-4,18-11-7-2,19-12-8-3)24-26(22,23)21-15-13-20(5)14-16-21/h13-16H,6-12,17-19H2,1-5H3. The van der Waals surface area contributed by atoms with E-state index in [9.17, 15) is 8.42 Å². The summed E-state index contributed by atoms with van der Waals surface area (Å²) < 4.78 is 32.8. The van der Waals surface area contributed by atoms with Gasteiger partial charge < -0.3 is 0 Å². The molecule has 0 amide bonds. The van der Waals surface area contributed by atoms with Crippen LogP contribution in [0.3, 0.4) is 0 Å². The number of unbranched alkanes of at least 4 members (excludes halogenated alkanes) is 3. The van der Waals surface area contributed by atoms with E-state index in [0.29, 0.717) is 4.90 Å². The third-order valence-corrected chi connectivity index (χ3v) is 14.9. The quantitative estimate of drug-likeness (QED) is 0.350. The molecule has 0 N–H and O–H groups in total. The van der Waals surface area contributed by atoms with E-state index < -0.39 is 16.9 Å². The van der Waals surface area contributed by atoms with E-state index in [1.54, 1.807) is 12.1 Å². The van der Waals surface area contributed by atoms with Gasteiger partial charge in [-0.15, -0.1) is 0 Å². The molecule has 0 bridgehead atoms. The molecule has 5 heteroatoms. The first-order valence-corrected chi connectivity index (χ1v) is 14.6. The first-order chi connectivity index (χ1) is 12.3. The molecule has 0 spiro atoms. The van der Waals surface area contributed by atoms with Crippen LogP contribution in [0.5, 0.6) is 0 Å². The SMILES string of the molecule is CCCCP(CC)(CCCC)(CCCC)OS(=O)(=O)c1ccc(C)cc1. The summed E-state index contributed by atoms with van der Waals surface area (Å²) in [4.78, 5) is 0.301. The van der Waals surface area contributed by atoms with E-state index in [2.05, 4.69) is 27.7 Å². The third kappa shape index (κ3) is 6.04. The summed E-state index contributed by atoms with van der Waals surface area (Å²) in [6, 6.07) is 7.07. The Morgan fingerprint density at radius 3 is 1.58 bits per heavy atom. The average molecular weight is 403 g/mol. The molecule has 0 aromatic heterocycles. The summed E-state index contributed by atoms with van der Waals surface area (Å²) in [6.07, 6.45) is 10.0. The summed E-state index contributed by atoms with van der Waals surface area (Å²) >= 11 is 0. The van der Waals surface area contributed by atoms with Crippen molar-refractivity contribution in [2.24, 2.45) is 0 Å². The van der Waals surface area contributed by atoms with Crippen LogP contribution in [-0.4, -0.2) is 33.1 Å². The molecular weight excluding hydrogens is 363 g/mol. The van der Waals surface area contributed by atoms with E-state index in [1.165, 1.54) is 0 Å². The van der Waals surface area contributed by atoms with Crippen LogP contribution in [-0.2, 0) is 14.1 Å². The Bertz CT molecular complexity index is 613. The molecule has 1 aromatic carbocycles.